The standard InChI is InChI=1S/C31H42N2O8S/c1-8-39-26(34)18-24-25(27(22-14-10-20(3)11-15-22)32-30(36)41-31(5,6)7)19-33(28(24)29(35)40-9-2)42(37,38)23-16-12-21(4)13-17-23/h10-17,24-25,27-28H,8-9,18-19H2,1-7H3,(H,32,36)/t24-,25+,27?,28+/m1/s1. The van der Waals surface area contributed by atoms with E-state index in [9.17, 15) is 22.8 Å². The third kappa shape index (κ3) is 8.10. The van der Waals surface area contributed by atoms with E-state index in [-0.39, 0.29) is 31.1 Å². The van der Waals surface area contributed by atoms with E-state index in [2.05, 4.69) is 5.32 Å². The molecule has 2 aromatic rings. The fourth-order valence-corrected chi connectivity index (χ4v) is 6.85. The molecule has 2 aromatic carbocycles. The van der Waals surface area contributed by atoms with E-state index in [1.54, 1.807) is 46.8 Å². The number of ether oxygens (including phenoxy) is 3. The van der Waals surface area contributed by atoms with Crippen LogP contribution < -0.4 is 5.32 Å². The Morgan fingerprint density at radius 1 is 0.929 bits per heavy atom. The quantitative estimate of drug-likeness (QED) is 0.306. The second kappa shape index (κ2) is 13.7. The average Bonchev–Trinajstić information content (AvgIpc) is 3.27. The van der Waals surface area contributed by atoms with Gasteiger partial charge in [0.2, 0.25) is 10.0 Å². The lowest BCUT2D eigenvalue weighted by Gasteiger charge is -2.31. The number of hydrogen-bond acceptors (Lipinski definition) is 8. The molecule has 0 aliphatic carbocycles. The number of aryl methyl sites for hydroxylation is 2. The Hall–Kier alpha value is -3.44. The van der Waals surface area contributed by atoms with Crippen LogP contribution in [0.15, 0.2) is 53.4 Å². The zero-order valence-corrected chi connectivity index (χ0v) is 26.2. The molecule has 11 heteroatoms. The normalized spacial score (nSPS) is 20.0. The van der Waals surface area contributed by atoms with Crippen LogP contribution in [0.5, 0.6) is 0 Å². The largest absolute Gasteiger partial charge is 0.466 e. The molecule has 1 heterocycles. The molecule has 1 N–H and O–H groups in total. The maximum absolute atomic E-state index is 14.1. The van der Waals surface area contributed by atoms with Gasteiger partial charge in [-0.05, 0) is 66.2 Å². The molecular formula is C31H42N2O8S. The number of sulfonamides is 1. The summed E-state index contributed by atoms with van der Waals surface area (Å²) in [4.78, 5) is 39.5. The van der Waals surface area contributed by atoms with Gasteiger partial charge in [0.25, 0.3) is 0 Å². The first-order chi connectivity index (χ1) is 19.7. The third-order valence-electron chi connectivity index (χ3n) is 7.06. The van der Waals surface area contributed by atoms with Crippen LogP contribution in [0.3, 0.4) is 0 Å². The van der Waals surface area contributed by atoms with Gasteiger partial charge in [-0.15, -0.1) is 0 Å². The summed E-state index contributed by atoms with van der Waals surface area (Å²) >= 11 is 0. The van der Waals surface area contributed by atoms with Gasteiger partial charge in [-0.1, -0.05) is 47.5 Å². The minimum absolute atomic E-state index is 0.00456. The Balaban J connectivity index is 2.19. The van der Waals surface area contributed by atoms with E-state index in [0.29, 0.717) is 5.56 Å². The van der Waals surface area contributed by atoms with E-state index < -0.39 is 57.6 Å². The highest BCUT2D eigenvalue weighted by Gasteiger charge is 2.55. The minimum atomic E-state index is -4.23. The predicted molar refractivity (Wildman–Crippen MR) is 157 cm³/mol. The van der Waals surface area contributed by atoms with Crippen LogP contribution in [0.1, 0.15) is 63.8 Å². The highest BCUT2D eigenvalue weighted by Crippen LogP contribution is 2.43. The fraction of sp³-hybridized carbons (Fsp3) is 0.516. The molecule has 1 aliphatic rings. The average molecular weight is 603 g/mol. The highest BCUT2D eigenvalue weighted by atomic mass is 32.2. The van der Waals surface area contributed by atoms with Gasteiger partial charge in [0, 0.05) is 18.4 Å². The van der Waals surface area contributed by atoms with E-state index in [1.807, 2.05) is 38.1 Å². The molecule has 42 heavy (non-hydrogen) atoms. The van der Waals surface area contributed by atoms with Crippen molar-refractivity contribution in [3.63, 3.8) is 0 Å². The number of rotatable bonds is 10. The fourth-order valence-electron chi connectivity index (χ4n) is 5.19. The number of esters is 2. The molecule has 230 valence electrons. The molecule has 1 unspecified atom stereocenters. The highest BCUT2D eigenvalue weighted by molar-refractivity contribution is 7.89. The first-order valence-electron chi connectivity index (χ1n) is 14.1. The number of nitrogens with zero attached hydrogens (tertiary/aromatic N) is 1. The summed E-state index contributed by atoms with van der Waals surface area (Å²) in [6.45, 7) is 12.2. The van der Waals surface area contributed by atoms with Crippen LogP contribution >= 0.6 is 0 Å². The van der Waals surface area contributed by atoms with Crippen LogP contribution in [0.25, 0.3) is 0 Å². The molecule has 0 spiro atoms. The van der Waals surface area contributed by atoms with Gasteiger partial charge in [-0.3, -0.25) is 9.59 Å². The van der Waals surface area contributed by atoms with Crippen molar-refractivity contribution in [1.29, 1.82) is 0 Å². The lowest BCUT2D eigenvalue weighted by Crippen LogP contribution is -2.45. The Labute approximate surface area is 248 Å². The summed E-state index contributed by atoms with van der Waals surface area (Å²) in [5.41, 5.74) is 1.73. The lowest BCUT2D eigenvalue weighted by atomic mass is 9.80. The zero-order chi connectivity index (χ0) is 31.2. The lowest BCUT2D eigenvalue weighted by molar-refractivity contribution is -0.150. The molecule has 4 atom stereocenters. The summed E-state index contributed by atoms with van der Waals surface area (Å²) < 4.78 is 45.4. The second-order valence-electron chi connectivity index (χ2n) is 11.5. The van der Waals surface area contributed by atoms with Gasteiger partial charge in [-0.25, -0.2) is 13.2 Å². The molecule has 0 saturated carbocycles. The first kappa shape index (κ1) is 33.1. The maximum Gasteiger partial charge on any atom is 0.408 e. The Bertz CT molecular complexity index is 1350. The van der Waals surface area contributed by atoms with Crippen LogP contribution in [0, 0.1) is 25.7 Å². The molecule has 1 aliphatic heterocycles. The number of amides is 1. The number of carbonyl (C=O) groups is 3. The van der Waals surface area contributed by atoms with Gasteiger partial charge < -0.3 is 19.5 Å². The molecular weight excluding hydrogens is 560 g/mol. The summed E-state index contributed by atoms with van der Waals surface area (Å²) in [7, 11) is -4.23. The zero-order valence-electron chi connectivity index (χ0n) is 25.4. The maximum atomic E-state index is 14.1. The molecule has 10 nitrogen and oxygen atoms in total. The topological polar surface area (TPSA) is 128 Å². The molecule has 1 saturated heterocycles. The summed E-state index contributed by atoms with van der Waals surface area (Å²) in [6.07, 6.45) is -0.976. The van der Waals surface area contributed by atoms with Crippen molar-refractivity contribution in [3.8, 4) is 0 Å². The molecule has 1 amide bonds. The number of carbonyl (C=O) groups excluding carboxylic acids is 3. The van der Waals surface area contributed by atoms with Crippen molar-refractivity contribution >= 4 is 28.1 Å². The van der Waals surface area contributed by atoms with Crippen molar-refractivity contribution in [2.45, 2.75) is 77.5 Å². The van der Waals surface area contributed by atoms with E-state index in [4.69, 9.17) is 14.2 Å². The van der Waals surface area contributed by atoms with Crippen molar-refractivity contribution < 1.29 is 37.0 Å². The Morgan fingerprint density at radius 3 is 2.00 bits per heavy atom. The van der Waals surface area contributed by atoms with Crippen LogP contribution in [0.4, 0.5) is 4.79 Å². The van der Waals surface area contributed by atoms with E-state index in [1.165, 1.54) is 12.1 Å². The SMILES string of the molecule is CCOC(=O)C[C@@H]1[C@@H](C(NC(=O)OC(C)(C)C)c2ccc(C)cc2)CN(S(=O)(=O)c2ccc(C)cc2)[C@@H]1C(=O)OCC. The van der Waals surface area contributed by atoms with Crippen molar-refractivity contribution in [3.05, 3.63) is 65.2 Å². The number of nitrogens with one attached hydrogen (secondary N) is 1. The second-order valence-corrected chi connectivity index (χ2v) is 13.3. The number of alkyl carbamates (subject to hydrolysis) is 1. The first-order valence-corrected chi connectivity index (χ1v) is 15.6. The number of benzene rings is 2. The third-order valence-corrected chi connectivity index (χ3v) is 8.92. The summed E-state index contributed by atoms with van der Waals surface area (Å²) in [5.74, 6) is -2.97. The van der Waals surface area contributed by atoms with Gasteiger partial charge in [0.05, 0.1) is 30.6 Å². The summed E-state index contributed by atoms with van der Waals surface area (Å²) in [6, 6.07) is 11.6. The predicted octanol–water partition coefficient (Wildman–Crippen LogP) is 4.69. The Morgan fingerprint density at radius 2 is 1.48 bits per heavy atom. The molecule has 1 fully saturated rings. The molecule has 3 rings (SSSR count). The summed E-state index contributed by atoms with van der Waals surface area (Å²) in [5, 5.41) is 2.91. The van der Waals surface area contributed by atoms with Gasteiger partial charge in [0.1, 0.15) is 11.6 Å². The number of hydrogen-bond donors (Lipinski definition) is 1. The minimum Gasteiger partial charge on any atom is -0.466 e. The van der Waals surface area contributed by atoms with Crippen LogP contribution in [0.2, 0.25) is 0 Å². The molecule has 0 radical (unpaired) electrons. The van der Waals surface area contributed by atoms with Gasteiger partial charge in [0.15, 0.2) is 0 Å². The van der Waals surface area contributed by atoms with Gasteiger partial charge >= 0.3 is 18.0 Å². The Kier molecular flexibility index (Phi) is 10.8. The van der Waals surface area contributed by atoms with Crippen LogP contribution in [-0.2, 0) is 33.8 Å². The van der Waals surface area contributed by atoms with Crippen LogP contribution in [-0.4, -0.2) is 62.2 Å². The van der Waals surface area contributed by atoms with E-state index >= 15 is 0 Å². The van der Waals surface area contributed by atoms with Crippen molar-refractivity contribution in [1.82, 2.24) is 9.62 Å². The van der Waals surface area contributed by atoms with Crippen molar-refractivity contribution in [2.24, 2.45) is 11.8 Å². The van der Waals surface area contributed by atoms with E-state index in [0.717, 1.165) is 15.4 Å². The molecule has 0 bridgehead atoms. The smallest absolute Gasteiger partial charge is 0.408 e. The van der Waals surface area contributed by atoms with Gasteiger partial charge in [-0.2, -0.15) is 4.31 Å². The molecule has 0 aromatic heterocycles. The monoisotopic (exact) mass is 602 g/mol. The van der Waals surface area contributed by atoms with Crippen molar-refractivity contribution in [2.75, 3.05) is 19.8 Å².